The topological polar surface area (TPSA) is 46.2 Å². The highest BCUT2D eigenvalue weighted by molar-refractivity contribution is 5.27. The predicted molar refractivity (Wildman–Crippen MR) is 118 cm³/mol. The lowest BCUT2D eigenvalue weighted by Gasteiger charge is -2.09. The third kappa shape index (κ3) is 16.4. The van der Waals surface area contributed by atoms with Crippen molar-refractivity contribution in [2.45, 2.75) is 58.8 Å². The maximum atomic E-state index is 5.73. The third-order valence-electron chi connectivity index (χ3n) is 4.56. The maximum Gasteiger partial charge on any atom is 0.119 e. The molecule has 0 N–H and O–H groups in total. The van der Waals surface area contributed by atoms with Crippen molar-refractivity contribution >= 4 is 0 Å². The average Bonchev–Trinajstić information content (AvgIpc) is 2.75. The Labute approximate surface area is 178 Å². The lowest BCUT2D eigenvalue weighted by Crippen LogP contribution is -2.13. The van der Waals surface area contributed by atoms with E-state index in [0.29, 0.717) is 52.9 Å². The third-order valence-corrected chi connectivity index (χ3v) is 4.56. The van der Waals surface area contributed by atoms with E-state index in [1.807, 2.05) is 6.92 Å². The van der Waals surface area contributed by atoms with E-state index in [0.717, 1.165) is 18.8 Å². The van der Waals surface area contributed by atoms with Gasteiger partial charge >= 0.3 is 0 Å². The van der Waals surface area contributed by atoms with E-state index in [9.17, 15) is 0 Å². The molecule has 0 aliphatic rings. The molecule has 5 nitrogen and oxygen atoms in total. The zero-order chi connectivity index (χ0) is 20.8. The minimum Gasteiger partial charge on any atom is -0.491 e. The molecule has 0 aliphatic carbocycles. The van der Waals surface area contributed by atoms with E-state index >= 15 is 0 Å². The summed E-state index contributed by atoms with van der Waals surface area (Å²) >= 11 is 0. The van der Waals surface area contributed by atoms with Gasteiger partial charge in [-0.1, -0.05) is 51.2 Å². The van der Waals surface area contributed by atoms with Crippen molar-refractivity contribution in [3.63, 3.8) is 0 Å². The Bertz CT molecular complexity index is 449. The van der Waals surface area contributed by atoms with Gasteiger partial charge < -0.3 is 23.7 Å². The number of unbranched alkanes of at least 4 members (excludes halogenated alkanes) is 5. The molecule has 0 bridgehead atoms. The largest absolute Gasteiger partial charge is 0.491 e. The number of hydrogen-bond donors (Lipinski definition) is 0. The first-order valence-electron chi connectivity index (χ1n) is 11.4. The summed E-state index contributed by atoms with van der Waals surface area (Å²) in [6.07, 6.45) is 9.19. The second-order valence-corrected chi connectivity index (χ2v) is 7.04. The summed E-state index contributed by atoms with van der Waals surface area (Å²) in [6, 6.07) is 8.46. The first-order valence-corrected chi connectivity index (χ1v) is 11.4. The van der Waals surface area contributed by atoms with Gasteiger partial charge in [0.05, 0.1) is 46.2 Å². The van der Waals surface area contributed by atoms with Gasteiger partial charge in [0.15, 0.2) is 0 Å². The highest BCUT2D eigenvalue weighted by Crippen LogP contribution is 2.15. The molecule has 0 aliphatic heterocycles. The van der Waals surface area contributed by atoms with Crippen LogP contribution in [0.3, 0.4) is 0 Å². The summed E-state index contributed by atoms with van der Waals surface area (Å²) in [5, 5.41) is 0. The molecule has 0 atom stereocenters. The van der Waals surface area contributed by atoms with Gasteiger partial charge in [-0.15, -0.1) is 0 Å². The Balaban J connectivity index is 1.89. The zero-order valence-electron chi connectivity index (χ0n) is 18.7. The number of aryl methyl sites for hydroxylation is 1. The molecule has 5 heteroatoms. The van der Waals surface area contributed by atoms with E-state index in [1.165, 1.54) is 44.1 Å². The molecular weight excluding hydrogens is 368 g/mol. The molecule has 1 aromatic carbocycles. The van der Waals surface area contributed by atoms with Crippen LogP contribution < -0.4 is 4.74 Å². The Kier molecular flexibility index (Phi) is 18.0. The van der Waals surface area contributed by atoms with Gasteiger partial charge in [0, 0.05) is 6.61 Å². The predicted octanol–water partition coefficient (Wildman–Crippen LogP) is 5.05. The van der Waals surface area contributed by atoms with E-state index in [2.05, 4.69) is 31.2 Å². The van der Waals surface area contributed by atoms with Crippen molar-refractivity contribution in [2.24, 2.45) is 0 Å². The second kappa shape index (κ2) is 20.1. The fourth-order valence-corrected chi connectivity index (χ4v) is 2.88. The van der Waals surface area contributed by atoms with Crippen LogP contribution in [0, 0.1) is 0 Å². The van der Waals surface area contributed by atoms with Crippen molar-refractivity contribution in [1.82, 2.24) is 0 Å². The van der Waals surface area contributed by atoms with Crippen LogP contribution in [-0.2, 0) is 25.4 Å². The van der Waals surface area contributed by atoms with Crippen molar-refractivity contribution in [2.75, 3.05) is 59.5 Å². The van der Waals surface area contributed by atoms with Crippen molar-refractivity contribution in [3.05, 3.63) is 29.8 Å². The van der Waals surface area contributed by atoms with Crippen LogP contribution in [-0.4, -0.2) is 59.5 Å². The van der Waals surface area contributed by atoms with Crippen LogP contribution in [0.15, 0.2) is 24.3 Å². The number of ether oxygens (including phenoxy) is 5. The molecular formula is C24H42O5. The molecule has 0 radical (unpaired) electrons. The molecule has 168 valence electrons. The summed E-state index contributed by atoms with van der Waals surface area (Å²) in [5.41, 5.74) is 1.39. The van der Waals surface area contributed by atoms with Crippen LogP contribution in [0.4, 0.5) is 0 Å². The molecule has 0 saturated carbocycles. The summed E-state index contributed by atoms with van der Waals surface area (Å²) in [7, 11) is 0. The van der Waals surface area contributed by atoms with Gasteiger partial charge in [0.2, 0.25) is 0 Å². The smallest absolute Gasteiger partial charge is 0.119 e. The van der Waals surface area contributed by atoms with Crippen LogP contribution in [0.1, 0.15) is 57.9 Å². The van der Waals surface area contributed by atoms with Crippen LogP contribution in [0.25, 0.3) is 0 Å². The summed E-state index contributed by atoms with van der Waals surface area (Å²) < 4.78 is 27.2. The molecule has 1 rings (SSSR count). The highest BCUT2D eigenvalue weighted by Gasteiger charge is 1.98. The molecule has 0 aromatic heterocycles. The minimum absolute atomic E-state index is 0.553. The van der Waals surface area contributed by atoms with E-state index in [4.69, 9.17) is 23.7 Å². The summed E-state index contributed by atoms with van der Waals surface area (Å²) in [4.78, 5) is 0. The van der Waals surface area contributed by atoms with Gasteiger partial charge in [-0.2, -0.15) is 0 Å². The first-order chi connectivity index (χ1) is 14.4. The van der Waals surface area contributed by atoms with Crippen LogP contribution in [0.2, 0.25) is 0 Å². The van der Waals surface area contributed by atoms with Gasteiger partial charge in [-0.25, -0.2) is 0 Å². The molecule has 0 unspecified atom stereocenters. The fraction of sp³-hybridized carbons (Fsp3) is 0.750. The maximum absolute atomic E-state index is 5.73. The zero-order valence-corrected chi connectivity index (χ0v) is 18.7. The Morgan fingerprint density at radius 3 is 1.66 bits per heavy atom. The van der Waals surface area contributed by atoms with Gasteiger partial charge in [-0.05, 0) is 37.5 Å². The Morgan fingerprint density at radius 2 is 1.07 bits per heavy atom. The lowest BCUT2D eigenvalue weighted by atomic mass is 10.0. The van der Waals surface area contributed by atoms with Crippen molar-refractivity contribution in [3.8, 4) is 5.75 Å². The molecule has 0 amide bonds. The van der Waals surface area contributed by atoms with Crippen LogP contribution >= 0.6 is 0 Å². The molecule has 1 aromatic rings. The normalized spacial score (nSPS) is 11.1. The highest BCUT2D eigenvalue weighted by atomic mass is 16.6. The van der Waals surface area contributed by atoms with E-state index in [1.54, 1.807) is 0 Å². The molecule has 0 heterocycles. The Morgan fingerprint density at radius 1 is 0.552 bits per heavy atom. The number of benzene rings is 1. The molecule has 0 spiro atoms. The van der Waals surface area contributed by atoms with Gasteiger partial charge in [0.1, 0.15) is 12.4 Å². The quantitative estimate of drug-likeness (QED) is 0.265. The van der Waals surface area contributed by atoms with Crippen molar-refractivity contribution < 1.29 is 23.7 Å². The first kappa shape index (κ1) is 25.9. The molecule has 29 heavy (non-hydrogen) atoms. The van der Waals surface area contributed by atoms with Gasteiger partial charge in [0.25, 0.3) is 0 Å². The SMILES string of the molecule is CCCCCCCCc1ccc(OCCOCCOCCOCCOCC)cc1. The van der Waals surface area contributed by atoms with Crippen LogP contribution in [0.5, 0.6) is 5.75 Å². The van der Waals surface area contributed by atoms with Gasteiger partial charge in [-0.3, -0.25) is 0 Å². The minimum atomic E-state index is 0.553. The number of hydrogen-bond acceptors (Lipinski definition) is 5. The standard InChI is InChI=1S/C24H42O5/c1-3-5-6-7-8-9-10-23-11-13-24(14-12-23)29-22-21-28-20-19-27-18-17-26-16-15-25-4-2/h11-14H,3-10,15-22H2,1-2H3. The molecule has 0 saturated heterocycles. The van der Waals surface area contributed by atoms with E-state index < -0.39 is 0 Å². The summed E-state index contributed by atoms with van der Waals surface area (Å²) in [5.74, 6) is 0.903. The van der Waals surface area contributed by atoms with E-state index in [-0.39, 0.29) is 0 Å². The second-order valence-electron chi connectivity index (χ2n) is 7.04. The van der Waals surface area contributed by atoms with Crippen molar-refractivity contribution in [1.29, 1.82) is 0 Å². The Hall–Kier alpha value is -1.14. The monoisotopic (exact) mass is 410 g/mol. The lowest BCUT2D eigenvalue weighted by molar-refractivity contribution is -0.00342. The average molecular weight is 411 g/mol. The fourth-order valence-electron chi connectivity index (χ4n) is 2.88. The summed E-state index contributed by atoms with van der Waals surface area (Å²) in [6.45, 7) is 9.64. The number of rotatable bonds is 21. The molecule has 0 fully saturated rings.